The van der Waals surface area contributed by atoms with Crippen LogP contribution in [0.4, 0.5) is 27.7 Å². The van der Waals surface area contributed by atoms with Crippen molar-refractivity contribution in [2.45, 2.75) is 4.90 Å². The van der Waals surface area contributed by atoms with E-state index in [0.717, 1.165) is 12.3 Å². The van der Waals surface area contributed by atoms with Gasteiger partial charge in [0.25, 0.3) is 0 Å². The zero-order chi connectivity index (χ0) is 21.5. The molecule has 3 N–H and O–H groups in total. The molecule has 0 saturated carbocycles. The summed E-state index contributed by atoms with van der Waals surface area (Å²) in [7, 11) is -2.28. The average molecular weight is 428 g/mol. The summed E-state index contributed by atoms with van der Waals surface area (Å²) in [6, 6.07) is 10.5. The standard InChI is InChI=1S/C19H17FN6O3S/c1-29-12-4-6-15-13(10-12)18(25-24-15)26(19-22-8-7-17(21)23-19)11-3-5-14(20)16(9-11)30(2,27)28/h3-10H,1-2H3,(H,24,25)(H2,21,22,23). The van der Waals surface area contributed by atoms with Gasteiger partial charge in [0.15, 0.2) is 15.7 Å². The zero-order valence-electron chi connectivity index (χ0n) is 16.0. The zero-order valence-corrected chi connectivity index (χ0v) is 16.8. The SMILES string of the molecule is COc1ccc2[nH]nc(N(c3ccc(F)c(S(C)(=O)=O)c3)c3nccc(N)n3)c2c1. The second kappa shape index (κ2) is 7.26. The van der Waals surface area contributed by atoms with Crippen LogP contribution in [0.15, 0.2) is 53.6 Å². The highest BCUT2D eigenvalue weighted by molar-refractivity contribution is 7.90. The molecule has 154 valence electrons. The number of nitrogens with zero attached hydrogens (tertiary/aromatic N) is 4. The van der Waals surface area contributed by atoms with E-state index < -0.39 is 20.5 Å². The number of hydrogen-bond acceptors (Lipinski definition) is 8. The number of nitrogens with two attached hydrogens (primary N) is 1. The van der Waals surface area contributed by atoms with Gasteiger partial charge in [-0.15, -0.1) is 0 Å². The number of aromatic amines is 1. The molecular weight excluding hydrogens is 411 g/mol. The van der Waals surface area contributed by atoms with Gasteiger partial charge in [-0.1, -0.05) is 0 Å². The second-order valence-electron chi connectivity index (χ2n) is 6.46. The van der Waals surface area contributed by atoms with Crippen molar-refractivity contribution in [3.8, 4) is 5.75 Å². The van der Waals surface area contributed by atoms with Crippen molar-refractivity contribution in [2.24, 2.45) is 0 Å². The van der Waals surface area contributed by atoms with E-state index in [-0.39, 0.29) is 11.8 Å². The Bertz CT molecular complexity index is 1360. The van der Waals surface area contributed by atoms with Gasteiger partial charge >= 0.3 is 0 Å². The summed E-state index contributed by atoms with van der Waals surface area (Å²) in [5, 5.41) is 7.91. The van der Waals surface area contributed by atoms with E-state index in [1.165, 1.54) is 36.4 Å². The molecule has 0 aliphatic carbocycles. The largest absolute Gasteiger partial charge is 0.497 e. The molecule has 4 aromatic rings. The molecule has 0 unspecified atom stereocenters. The lowest BCUT2D eigenvalue weighted by Gasteiger charge is -2.21. The fourth-order valence-electron chi connectivity index (χ4n) is 2.99. The number of ether oxygens (including phenoxy) is 1. The van der Waals surface area contributed by atoms with Crippen molar-refractivity contribution >= 4 is 44.0 Å². The third kappa shape index (κ3) is 3.50. The average Bonchev–Trinajstić information content (AvgIpc) is 3.11. The van der Waals surface area contributed by atoms with Crippen LogP contribution in [0.1, 0.15) is 0 Å². The first-order valence-electron chi connectivity index (χ1n) is 8.68. The van der Waals surface area contributed by atoms with Crippen molar-refractivity contribution in [1.82, 2.24) is 20.2 Å². The maximum Gasteiger partial charge on any atom is 0.237 e. The van der Waals surface area contributed by atoms with E-state index in [1.807, 2.05) is 0 Å². The number of rotatable bonds is 5. The number of nitrogen functional groups attached to an aromatic ring is 1. The third-order valence-electron chi connectivity index (χ3n) is 4.40. The van der Waals surface area contributed by atoms with Gasteiger partial charge in [0.2, 0.25) is 5.95 Å². The number of H-pyrrole nitrogens is 1. The van der Waals surface area contributed by atoms with Crippen LogP contribution in [0, 0.1) is 5.82 Å². The number of anilines is 4. The summed E-state index contributed by atoms with van der Waals surface area (Å²) in [4.78, 5) is 9.51. The molecule has 2 aromatic carbocycles. The Morgan fingerprint density at radius 2 is 1.97 bits per heavy atom. The normalized spacial score (nSPS) is 11.6. The summed E-state index contributed by atoms with van der Waals surface area (Å²) in [6.45, 7) is 0. The molecular formula is C19H17FN6O3S. The monoisotopic (exact) mass is 428 g/mol. The van der Waals surface area contributed by atoms with Gasteiger partial charge in [-0.25, -0.2) is 17.8 Å². The van der Waals surface area contributed by atoms with Gasteiger partial charge < -0.3 is 10.5 Å². The van der Waals surface area contributed by atoms with E-state index in [9.17, 15) is 12.8 Å². The number of hydrogen-bond donors (Lipinski definition) is 2. The molecule has 0 aliphatic heterocycles. The van der Waals surface area contributed by atoms with Gasteiger partial charge in [0.1, 0.15) is 22.3 Å². The Hall–Kier alpha value is -3.73. The van der Waals surface area contributed by atoms with Crippen LogP contribution in [0.5, 0.6) is 5.75 Å². The minimum atomic E-state index is -3.82. The molecule has 9 nitrogen and oxygen atoms in total. The predicted molar refractivity (Wildman–Crippen MR) is 110 cm³/mol. The Morgan fingerprint density at radius 1 is 1.17 bits per heavy atom. The highest BCUT2D eigenvalue weighted by Crippen LogP contribution is 2.37. The van der Waals surface area contributed by atoms with Crippen molar-refractivity contribution in [3.05, 3.63) is 54.5 Å². The molecule has 11 heteroatoms. The molecule has 30 heavy (non-hydrogen) atoms. The van der Waals surface area contributed by atoms with Crippen molar-refractivity contribution in [1.29, 1.82) is 0 Å². The van der Waals surface area contributed by atoms with Crippen LogP contribution in [0.2, 0.25) is 0 Å². The van der Waals surface area contributed by atoms with E-state index >= 15 is 0 Å². The van der Waals surface area contributed by atoms with Crippen molar-refractivity contribution in [3.63, 3.8) is 0 Å². The second-order valence-corrected chi connectivity index (χ2v) is 8.45. The number of benzene rings is 2. The van der Waals surface area contributed by atoms with Crippen LogP contribution in [0.25, 0.3) is 10.9 Å². The van der Waals surface area contributed by atoms with Crippen LogP contribution >= 0.6 is 0 Å². The fraction of sp³-hybridized carbons (Fsp3) is 0.105. The molecule has 0 radical (unpaired) electrons. The van der Waals surface area contributed by atoms with E-state index in [1.54, 1.807) is 18.2 Å². The fourth-order valence-corrected chi connectivity index (χ4v) is 3.75. The Kier molecular flexibility index (Phi) is 4.74. The number of methoxy groups -OCH3 is 1. The van der Waals surface area contributed by atoms with Gasteiger partial charge in [0, 0.05) is 17.8 Å². The molecule has 0 atom stereocenters. The molecule has 0 fully saturated rings. The van der Waals surface area contributed by atoms with Crippen molar-refractivity contribution in [2.75, 3.05) is 24.0 Å². The predicted octanol–water partition coefficient (Wildman–Crippen LogP) is 2.96. The minimum Gasteiger partial charge on any atom is -0.497 e. The van der Waals surface area contributed by atoms with E-state index in [0.29, 0.717) is 28.2 Å². The molecule has 2 heterocycles. The molecule has 0 amide bonds. The first-order chi connectivity index (χ1) is 14.3. The molecule has 0 aliphatic rings. The van der Waals surface area contributed by atoms with Crippen LogP contribution in [-0.4, -0.2) is 41.9 Å². The number of sulfone groups is 1. The summed E-state index contributed by atoms with van der Waals surface area (Å²) < 4.78 is 43.6. The van der Waals surface area contributed by atoms with Gasteiger partial charge in [-0.3, -0.25) is 10.00 Å². The highest BCUT2D eigenvalue weighted by Gasteiger charge is 2.24. The summed E-state index contributed by atoms with van der Waals surface area (Å²) >= 11 is 0. The molecule has 2 aromatic heterocycles. The molecule has 4 rings (SSSR count). The van der Waals surface area contributed by atoms with Gasteiger partial charge in [-0.2, -0.15) is 10.1 Å². The summed E-state index contributed by atoms with van der Waals surface area (Å²) in [5.74, 6) is 0.434. The van der Waals surface area contributed by atoms with Crippen LogP contribution < -0.4 is 15.4 Å². The van der Waals surface area contributed by atoms with Crippen LogP contribution in [-0.2, 0) is 9.84 Å². The Morgan fingerprint density at radius 3 is 2.67 bits per heavy atom. The lowest BCUT2D eigenvalue weighted by atomic mass is 10.2. The minimum absolute atomic E-state index is 0.136. The number of halogens is 1. The first-order valence-corrected chi connectivity index (χ1v) is 10.6. The first kappa shape index (κ1) is 19.6. The van der Waals surface area contributed by atoms with Crippen LogP contribution in [0.3, 0.4) is 0 Å². The number of nitrogens with one attached hydrogen (secondary N) is 1. The Labute approximate surface area is 171 Å². The topological polar surface area (TPSA) is 127 Å². The molecule has 0 spiro atoms. The van der Waals surface area contributed by atoms with E-state index in [2.05, 4.69) is 20.2 Å². The molecule has 0 bridgehead atoms. The van der Waals surface area contributed by atoms with E-state index in [4.69, 9.17) is 10.5 Å². The van der Waals surface area contributed by atoms with Gasteiger partial charge in [-0.05, 0) is 42.5 Å². The quantitative estimate of drug-likeness (QED) is 0.497. The maximum absolute atomic E-state index is 14.2. The Balaban J connectivity index is 2.00. The molecule has 0 saturated heterocycles. The number of aromatic nitrogens is 4. The third-order valence-corrected chi connectivity index (χ3v) is 5.51. The lowest BCUT2D eigenvalue weighted by molar-refractivity contribution is 0.415. The van der Waals surface area contributed by atoms with Gasteiger partial charge in [0.05, 0.1) is 18.3 Å². The lowest BCUT2D eigenvalue weighted by Crippen LogP contribution is -2.15. The summed E-state index contributed by atoms with van der Waals surface area (Å²) in [6.07, 6.45) is 2.40. The summed E-state index contributed by atoms with van der Waals surface area (Å²) in [5.41, 5.74) is 6.82. The van der Waals surface area contributed by atoms with Crippen molar-refractivity contribution < 1.29 is 17.5 Å². The highest BCUT2D eigenvalue weighted by atomic mass is 32.2. The smallest absolute Gasteiger partial charge is 0.237 e. The number of fused-ring (bicyclic) bond motifs is 1. The maximum atomic E-state index is 14.2.